The van der Waals surface area contributed by atoms with E-state index in [1.807, 2.05) is 24.3 Å². The van der Waals surface area contributed by atoms with E-state index in [0.29, 0.717) is 25.3 Å². The van der Waals surface area contributed by atoms with Crippen LogP contribution in [-0.4, -0.2) is 28.7 Å². The van der Waals surface area contributed by atoms with Crippen molar-refractivity contribution < 1.29 is 13.2 Å². The van der Waals surface area contributed by atoms with Crippen molar-refractivity contribution in [3.8, 4) is 11.1 Å². The lowest BCUT2D eigenvalue weighted by molar-refractivity contribution is 0.196. The van der Waals surface area contributed by atoms with Crippen molar-refractivity contribution in [1.82, 2.24) is 4.72 Å². The fraction of sp³-hybridized carbons (Fsp3) is 0.250. The molecule has 22 heavy (non-hydrogen) atoms. The average Bonchev–Trinajstić information content (AvgIpc) is 2.52. The predicted octanol–water partition coefficient (Wildman–Crippen LogP) is 2.25. The van der Waals surface area contributed by atoms with Crippen molar-refractivity contribution in [1.29, 1.82) is 0 Å². The third-order valence-corrected chi connectivity index (χ3v) is 4.70. The minimum atomic E-state index is -3.47. The third kappa shape index (κ3) is 4.30. The van der Waals surface area contributed by atoms with Crippen LogP contribution in [0.25, 0.3) is 11.1 Å². The Morgan fingerprint density at radius 2 is 1.55 bits per heavy atom. The molecule has 2 aromatic carbocycles. The lowest BCUT2D eigenvalue weighted by atomic mass is 10.1. The van der Waals surface area contributed by atoms with Gasteiger partial charge in [0.25, 0.3) is 0 Å². The normalized spacial score (nSPS) is 11.5. The van der Waals surface area contributed by atoms with Crippen LogP contribution in [-0.2, 0) is 14.8 Å². The van der Waals surface area contributed by atoms with Crippen LogP contribution in [0.1, 0.15) is 6.42 Å². The molecule has 0 saturated heterocycles. The van der Waals surface area contributed by atoms with Crippen molar-refractivity contribution in [2.24, 2.45) is 0 Å². The number of nitrogens with two attached hydrogens (primary N) is 1. The van der Waals surface area contributed by atoms with Crippen molar-refractivity contribution in [3.05, 3.63) is 48.5 Å². The number of nitrogens with one attached hydrogen (secondary N) is 1. The first-order chi connectivity index (χ1) is 10.5. The molecule has 5 nitrogen and oxygen atoms in total. The smallest absolute Gasteiger partial charge is 0.240 e. The Morgan fingerprint density at radius 1 is 1.00 bits per heavy atom. The van der Waals surface area contributed by atoms with Crippen LogP contribution in [0, 0.1) is 0 Å². The van der Waals surface area contributed by atoms with Gasteiger partial charge in [0.2, 0.25) is 10.0 Å². The van der Waals surface area contributed by atoms with E-state index in [1.165, 1.54) is 0 Å². The fourth-order valence-electron chi connectivity index (χ4n) is 2.01. The molecule has 0 heterocycles. The molecule has 3 N–H and O–H groups in total. The maximum absolute atomic E-state index is 12.1. The molecule has 0 amide bonds. The molecule has 0 radical (unpaired) electrons. The molecule has 0 saturated carbocycles. The number of anilines is 1. The number of methoxy groups -OCH3 is 1. The summed E-state index contributed by atoms with van der Waals surface area (Å²) < 4.78 is 31.7. The van der Waals surface area contributed by atoms with Crippen molar-refractivity contribution in [2.45, 2.75) is 11.3 Å². The van der Waals surface area contributed by atoms with Gasteiger partial charge in [-0.25, -0.2) is 13.1 Å². The van der Waals surface area contributed by atoms with Gasteiger partial charge in [0.1, 0.15) is 0 Å². The van der Waals surface area contributed by atoms with E-state index in [2.05, 4.69) is 4.72 Å². The van der Waals surface area contributed by atoms with Crippen LogP contribution in [0.15, 0.2) is 53.4 Å². The van der Waals surface area contributed by atoms with Crippen LogP contribution in [0.3, 0.4) is 0 Å². The summed E-state index contributed by atoms with van der Waals surface area (Å²) in [6.07, 6.45) is 0.638. The van der Waals surface area contributed by atoms with Gasteiger partial charge >= 0.3 is 0 Å². The number of sulfonamides is 1. The number of rotatable bonds is 7. The summed E-state index contributed by atoms with van der Waals surface area (Å²) >= 11 is 0. The SMILES string of the molecule is COCCCNS(=O)(=O)c1ccc(-c2ccc(N)cc2)cc1. The van der Waals surface area contributed by atoms with Crippen LogP contribution in [0.5, 0.6) is 0 Å². The molecular weight excluding hydrogens is 300 g/mol. The molecule has 6 heteroatoms. The topological polar surface area (TPSA) is 81.4 Å². The molecule has 2 aromatic rings. The zero-order chi connectivity index (χ0) is 16.0. The van der Waals surface area contributed by atoms with Crippen LogP contribution >= 0.6 is 0 Å². The highest BCUT2D eigenvalue weighted by molar-refractivity contribution is 7.89. The first kappa shape index (κ1) is 16.5. The van der Waals surface area contributed by atoms with Crippen LogP contribution < -0.4 is 10.5 Å². The standard InChI is InChI=1S/C16H20N2O3S/c1-21-12-2-11-18-22(19,20)16-9-5-14(6-10-16)13-3-7-15(17)8-4-13/h3-10,18H,2,11-12,17H2,1H3. The molecule has 0 aliphatic carbocycles. The van der Waals surface area contributed by atoms with E-state index in [9.17, 15) is 8.42 Å². The molecule has 0 aromatic heterocycles. The summed E-state index contributed by atoms with van der Waals surface area (Å²) in [6, 6.07) is 14.2. The van der Waals surface area contributed by atoms with Crippen LogP contribution in [0.4, 0.5) is 5.69 Å². The second-order valence-corrected chi connectivity index (χ2v) is 6.66. The highest BCUT2D eigenvalue weighted by Gasteiger charge is 2.13. The molecule has 0 unspecified atom stereocenters. The summed E-state index contributed by atoms with van der Waals surface area (Å²) in [7, 11) is -1.88. The summed E-state index contributed by atoms with van der Waals surface area (Å²) in [4.78, 5) is 0.254. The molecule has 0 bridgehead atoms. The van der Waals surface area contributed by atoms with E-state index in [0.717, 1.165) is 11.1 Å². The minimum Gasteiger partial charge on any atom is -0.399 e. The van der Waals surface area contributed by atoms with Gasteiger partial charge in [0.05, 0.1) is 4.90 Å². The Bertz CT molecular complexity index is 695. The summed E-state index contributed by atoms with van der Waals surface area (Å²) in [5.74, 6) is 0. The van der Waals surface area contributed by atoms with Gasteiger partial charge in [-0.2, -0.15) is 0 Å². The average molecular weight is 320 g/mol. The Hall–Kier alpha value is -1.89. The number of benzene rings is 2. The van der Waals surface area contributed by atoms with Gasteiger partial charge in [0.15, 0.2) is 0 Å². The molecular formula is C16H20N2O3S. The van der Waals surface area contributed by atoms with E-state index < -0.39 is 10.0 Å². The van der Waals surface area contributed by atoms with E-state index in [4.69, 9.17) is 10.5 Å². The number of hydrogen-bond acceptors (Lipinski definition) is 4. The van der Waals surface area contributed by atoms with Crippen molar-refractivity contribution in [3.63, 3.8) is 0 Å². The quantitative estimate of drug-likeness (QED) is 0.605. The van der Waals surface area contributed by atoms with E-state index in [1.54, 1.807) is 31.4 Å². The van der Waals surface area contributed by atoms with Gasteiger partial charge < -0.3 is 10.5 Å². The number of nitrogen functional groups attached to an aromatic ring is 1. The molecule has 0 aliphatic heterocycles. The molecule has 0 fully saturated rings. The van der Waals surface area contributed by atoms with Crippen LogP contribution in [0.2, 0.25) is 0 Å². The molecule has 2 rings (SSSR count). The summed E-state index contributed by atoms with van der Waals surface area (Å²) in [6.45, 7) is 0.883. The Balaban J connectivity index is 2.09. The Morgan fingerprint density at radius 3 is 2.09 bits per heavy atom. The zero-order valence-corrected chi connectivity index (χ0v) is 13.3. The molecule has 0 atom stereocenters. The minimum absolute atomic E-state index is 0.254. The first-order valence-electron chi connectivity index (χ1n) is 6.97. The highest BCUT2D eigenvalue weighted by atomic mass is 32.2. The largest absolute Gasteiger partial charge is 0.399 e. The third-order valence-electron chi connectivity index (χ3n) is 3.23. The molecule has 118 valence electrons. The number of hydrogen-bond donors (Lipinski definition) is 2. The fourth-order valence-corrected chi connectivity index (χ4v) is 3.08. The zero-order valence-electron chi connectivity index (χ0n) is 12.5. The van der Waals surface area contributed by atoms with Crippen molar-refractivity contribution in [2.75, 3.05) is 26.0 Å². The summed E-state index contributed by atoms with van der Waals surface area (Å²) in [5.41, 5.74) is 8.29. The first-order valence-corrected chi connectivity index (χ1v) is 8.46. The lowest BCUT2D eigenvalue weighted by Crippen LogP contribution is -2.25. The Labute approximate surface area is 131 Å². The number of ether oxygens (including phenoxy) is 1. The second kappa shape index (κ2) is 7.40. The van der Waals surface area contributed by atoms with E-state index in [-0.39, 0.29) is 4.90 Å². The summed E-state index contributed by atoms with van der Waals surface area (Å²) in [5, 5.41) is 0. The maximum Gasteiger partial charge on any atom is 0.240 e. The van der Waals surface area contributed by atoms with Gasteiger partial charge in [-0.1, -0.05) is 24.3 Å². The molecule has 0 aliphatic rings. The van der Waals surface area contributed by atoms with Gasteiger partial charge in [0, 0.05) is 25.9 Å². The predicted molar refractivity (Wildman–Crippen MR) is 88.0 cm³/mol. The molecule has 0 spiro atoms. The maximum atomic E-state index is 12.1. The second-order valence-electron chi connectivity index (χ2n) is 4.89. The lowest BCUT2D eigenvalue weighted by Gasteiger charge is -2.08. The van der Waals surface area contributed by atoms with E-state index >= 15 is 0 Å². The Kier molecular flexibility index (Phi) is 5.54. The highest BCUT2D eigenvalue weighted by Crippen LogP contribution is 2.22. The van der Waals surface area contributed by atoms with Crippen molar-refractivity contribution >= 4 is 15.7 Å². The van der Waals surface area contributed by atoms with Gasteiger partial charge in [-0.15, -0.1) is 0 Å². The van der Waals surface area contributed by atoms with Gasteiger partial charge in [-0.3, -0.25) is 0 Å². The van der Waals surface area contributed by atoms with Gasteiger partial charge in [-0.05, 0) is 41.8 Å². The monoisotopic (exact) mass is 320 g/mol.